The molecule has 3 aromatic heterocycles. The van der Waals surface area contributed by atoms with E-state index in [1.807, 2.05) is 0 Å². The first-order valence-electron chi connectivity index (χ1n) is 28.5. The molecule has 0 fully saturated rings. The van der Waals surface area contributed by atoms with Crippen LogP contribution in [0.2, 0.25) is 0 Å². The van der Waals surface area contributed by atoms with Gasteiger partial charge >= 0.3 is 0 Å². The summed E-state index contributed by atoms with van der Waals surface area (Å²) in [6, 6.07) is 88.0. The van der Waals surface area contributed by atoms with E-state index >= 15 is 0 Å². The minimum Gasteiger partial charge on any atom is -0.310 e. The highest BCUT2D eigenvalue weighted by Crippen LogP contribution is 2.48. The van der Waals surface area contributed by atoms with Crippen molar-refractivity contribution in [1.82, 2.24) is 19.1 Å². The van der Waals surface area contributed by atoms with Crippen molar-refractivity contribution in [3.8, 4) is 78.5 Å². The van der Waals surface area contributed by atoms with Gasteiger partial charge in [0.05, 0.1) is 22.2 Å². The van der Waals surface area contributed by atoms with Gasteiger partial charge in [-0.15, -0.1) is 0 Å². The van der Waals surface area contributed by atoms with E-state index in [0.29, 0.717) is 5.82 Å². The first-order chi connectivity index (χ1) is 39.4. The fourth-order valence-corrected chi connectivity index (χ4v) is 13.6. The van der Waals surface area contributed by atoms with E-state index in [1.165, 1.54) is 127 Å². The molecule has 2 aliphatic heterocycles. The highest BCUT2D eigenvalue weighted by molar-refractivity contribution is 7.00. The van der Waals surface area contributed by atoms with Crippen molar-refractivity contribution in [2.45, 2.75) is 52.4 Å². The average Bonchev–Trinajstić information content (AvgIpc) is 4.22. The summed E-state index contributed by atoms with van der Waals surface area (Å²) in [4.78, 5) is 10.9. The lowest BCUT2D eigenvalue weighted by Crippen LogP contribution is -2.59. The van der Waals surface area contributed by atoms with Crippen molar-refractivity contribution in [2.24, 2.45) is 0 Å². The smallest absolute Gasteiger partial charge is 0.252 e. The molecule has 0 unspecified atom stereocenters. The lowest BCUT2D eigenvalue weighted by molar-refractivity contribution is 0.591. The van der Waals surface area contributed by atoms with E-state index in [1.54, 1.807) is 0 Å². The van der Waals surface area contributed by atoms with Gasteiger partial charge in [-0.3, -0.25) is 0 Å². The molecule has 0 bridgehead atoms. The molecule has 11 aromatic carbocycles. The summed E-state index contributed by atoms with van der Waals surface area (Å²) in [7, 11) is 0. The van der Waals surface area contributed by atoms with Crippen LogP contribution in [-0.2, 0) is 10.8 Å². The Kier molecular flexibility index (Phi) is 10.2. The number of hydrogen-bond acceptors (Lipinski definition) is 2. The van der Waals surface area contributed by atoms with Crippen molar-refractivity contribution >= 4 is 77.6 Å². The van der Waals surface area contributed by atoms with Crippen LogP contribution in [0.4, 0.5) is 0 Å². The average molecular weight is 1040 g/mol. The van der Waals surface area contributed by atoms with Crippen molar-refractivity contribution in [3.63, 3.8) is 0 Å². The summed E-state index contributed by atoms with van der Waals surface area (Å²) in [5.41, 5.74) is 27.0. The number of aromatic nitrogens is 4. The Bertz CT molecular complexity index is 4660. The largest absolute Gasteiger partial charge is 0.310 e. The Morgan fingerprint density at radius 2 is 0.753 bits per heavy atom. The molecule has 81 heavy (non-hydrogen) atoms. The third-order valence-electron chi connectivity index (χ3n) is 17.5. The Morgan fingerprint density at radius 3 is 1.20 bits per heavy atom. The van der Waals surface area contributed by atoms with Crippen molar-refractivity contribution in [1.29, 1.82) is 0 Å². The number of hydrogen-bond donors (Lipinski definition) is 0. The SMILES string of the molecule is CC(C)(C)c1cc2c3c(c1)c1c(-c4ccccc4)cc(-c4ccccc4)cc1n3-c1cc(-c3nc(-c4ccccc4)nc4ccccc34)cc3c1B2c1cc(C(C)(C)C)cc2c4c(-c5ccccc5)cc(-c5ccccc5)cc4n-3c12. The van der Waals surface area contributed by atoms with Gasteiger partial charge in [-0.05, 0) is 137 Å². The molecular formula is C76H57BN4. The van der Waals surface area contributed by atoms with E-state index in [2.05, 4.69) is 287 Å². The van der Waals surface area contributed by atoms with E-state index in [-0.39, 0.29) is 17.5 Å². The Balaban J connectivity index is 1.15. The third-order valence-corrected chi connectivity index (χ3v) is 17.5. The molecule has 0 N–H and O–H groups in total. The predicted molar refractivity (Wildman–Crippen MR) is 343 cm³/mol. The van der Waals surface area contributed by atoms with Crippen LogP contribution < -0.4 is 16.4 Å². The molecular weight excluding hydrogens is 980 g/mol. The maximum absolute atomic E-state index is 5.65. The fourth-order valence-electron chi connectivity index (χ4n) is 13.6. The van der Waals surface area contributed by atoms with E-state index < -0.39 is 0 Å². The van der Waals surface area contributed by atoms with Gasteiger partial charge in [0.2, 0.25) is 0 Å². The summed E-state index contributed by atoms with van der Waals surface area (Å²) in [6.45, 7) is 14.2. The summed E-state index contributed by atoms with van der Waals surface area (Å²) in [6.07, 6.45) is 0. The van der Waals surface area contributed by atoms with Crippen LogP contribution in [-0.4, -0.2) is 25.8 Å². The Labute approximate surface area is 472 Å². The van der Waals surface area contributed by atoms with Gasteiger partial charge in [0.15, 0.2) is 5.82 Å². The van der Waals surface area contributed by atoms with Crippen LogP contribution in [0, 0.1) is 0 Å². The number of rotatable bonds is 6. The molecule has 384 valence electrons. The van der Waals surface area contributed by atoms with E-state index in [9.17, 15) is 0 Å². The number of benzene rings is 11. The van der Waals surface area contributed by atoms with Crippen LogP contribution in [0.15, 0.2) is 237 Å². The van der Waals surface area contributed by atoms with Crippen LogP contribution >= 0.6 is 0 Å². The minimum atomic E-state index is -0.155. The van der Waals surface area contributed by atoms with Crippen molar-refractivity contribution in [3.05, 3.63) is 248 Å². The van der Waals surface area contributed by atoms with Crippen LogP contribution in [0.3, 0.4) is 0 Å². The predicted octanol–water partition coefficient (Wildman–Crippen LogP) is 17.6. The first kappa shape index (κ1) is 47.4. The third kappa shape index (κ3) is 7.24. The van der Waals surface area contributed by atoms with Gasteiger partial charge in [-0.2, -0.15) is 0 Å². The normalized spacial score (nSPS) is 12.8. The lowest BCUT2D eigenvalue weighted by atomic mass is 9.34. The number of para-hydroxylation sites is 1. The minimum absolute atomic E-state index is 0.114. The van der Waals surface area contributed by atoms with Gasteiger partial charge in [0, 0.05) is 60.5 Å². The first-order valence-corrected chi connectivity index (χ1v) is 28.5. The number of fused-ring (bicyclic) bond motifs is 11. The highest BCUT2D eigenvalue weighted by Gasteiger charge is 2.43. The van der Waals surface area contributed by atoms with Gasteiger partial charge < -0.3 is 9.13 Å². The van der Waals surface area contributed by atoms with Crippen molar-refractivity contribution in [2.75, 3.05) is 0 Å². The topological polar surface area (TPSA) is 35.6 Å². The molecule has 4 nitrogen and oxygen atoms in total. The second kappa shape index (κ2) is 17.5. The zero-order valence-electron chi connectivity index (χ0n) is 46.4. The second-order valence-corrected chi connectivity index (χ2v) is 24.5. The maximum Gasteiger partial charge on any atom is 0.252 e. The van der Waals surface area contributed by atoms with Crippen LogP contribution in [0.5, 0.6) is 0 Å². The molecule has 0 atom stereocenters. The fraction of sp³-hybridized carbons (Fsp3) is 0.105. The van der Waals surface area contributed by atoms with Gasteiger partial charge in [0.25, 0.3) is 6.71 Å². The molecule has 16 rings (SSSR count). The molecule has 0 radical (unpaired) electrons. The Hall–Kier alpha value is -9.58. The molecule has 0 saturated carbocycles. The quantitative estimate of drug-likeness (QED) is 0.156. The molecule has 14 aromatic rings. The molecule has 0 spiro atoms. The van der Waals surface area contributed by atoms with Gasteiger partial charge in [0.1, 0.15) is 0 Å². The monoisotopic (exact) mass is 1040 g/mol. The van der Waals surface area contributed by atoms with Crippen LogP contribution in [0.25, 0.3) is 133 Å². The summed E-state index contributed by atoms with van der Waals surface area (Å²) in [5.74, 6) is 0.705. The summed E-state index contributed by atoms with van der Waals surface area (Å²) < 4.78 is 5.33. The molecule has 0 aliphatic carbocycles. The molecule has 0 amide bonds. The molecule has 2 aliphatic rings. The van der Waals surface area contributed by atoms with Crippen molar-refractivity contribution < 1.29 is 0 Å². The Morgan fingerprint density at radius 1 is 0.346 bits per heavy atom. The molecule has 0 saturated heterocycles. The molecule has 5 heterocycles. The summed E-state index contributed by atoms with van der Waals surface area (Å²) in [5, 5.41) is 6.08. The zero-order valence-corrected chi connectivity index (χ0v) is 46.4. The van der Waals surface area contributed by atoms with E-state index in [4.69, 9.17) is 9.97 Å². The highest BCUT2D eigenvalue weighted by atomic mass is 15.0. The maximum atomic E-state index is 5.65. The molecule has 5 heteroatoms. The van der Waals surface area contributed by atoms with Gasteiger partial charge in [-0.25, -0.2) is 9.97 Å². The van der Waals surface area contributed by atoms with E-state index in [0.717, 1.165) is 27.7 Å². The summed E-state index contributed by atoms with van der Waals surface area (Å²) >= 11 is 0. The second-order valence-electron chi connectivity index (χ2n) is 24.5. The number of nitrogens with zero attached hydrogens (tertiary/aromatic N) is 4. The van der Waals surface area contributed by atoms with Crippen LogP contribution in [0.1, 0.15) is 52.7 Å². The lowest BCUT2D eigenvalue weighted by Gasteiger charge is -2.36. The zero-order chi connectivity index (χ0) is 54.5. The standard InChI is InChI=1S/C76H57BN4/c1-75(2,3)54-42-59-68-57(48-28-16-9-17-29-48)36-51(46-24-12-7-13-25-46)38-64(68)80-66-40-53(71-56-34-22-23-35-63(56)78-74(79-71)50-32-20-11-21-33-50)41-67-70(66)77(61(44-54)72(59)80)62-45-55(76(4,5)6)43-60-69-58(49-30-18-10-19-31-49)37-52(47-26-14-8-15-27-47)39-65(69)81(67)73(60)62/h7-45H,1-6H3. The van der Waals surface area contributed by atoms with Gasteiger partial charge in [-0.1, -0.05) is 224 Å².